The zero-order valence-electron chi connectivity index (χ0n) is 9.27. The Hall–Kier alpha value is -2.11. The number of aromatic nitrogens is 1. The number of pyridine rings is 1. The number of rotatable bonds is 0. The molecule has 0 atom stereocenters. The van der Waals surface area contributed by atoms with E-state index in [9.17, 15) is 9.59 Å². The predicted molar refractivity (Wildman–Crippen MR) is 58.5 cm³/mol. The molecule has 0 aliphatic carbocycles. The first-order valence-corrected chi connectivity index (χ1v) is 5.26. The van der Waals surface area contributed by atoms with Gasteiger partial charge in [0.15, 0.2) is 0 Å². The summed E-state index contributed by atoms with van der Waals surface area (Å²) >= 11 is 0. The molecule has 88 valence electrons. The van der Waals surface area contributed by atoms with E-state index in [2.05, 4.69) is 15.0 Å². The lowest BCUT2D eigenvalue weighted by Crippen LogP contribution is -2.64. The van der Waals surface area contributed by atoms with Gasteiger partial charge in [-0.1, -0.05) is 0 Å². The van der Waals surface area contributed by atoms with Crippen molar-refractivity contribution in [3.63, 3.8) is 0 Å². The summed E-state index contributed by atoms with van der Waals surface area (Å²) in [6, 6.07) is 1.82. The van der Waals surface area contributed by atoms with Crippen molar-refractivity contribution in [3.8, 4) is 0 Å². The van der Waals surface area contributed by atoms with E-state index in [1.54, 1.807) is 12.4 Å². The number of methoxy groups -OCH3 is 1. The molecule has 3 rings (SSSR count). The molecular formula is C11H11N3O3. The average molecular weight is 233 g/mol. The predicted octanol–water partition coefficient (Wildman–Crippen LogP) is 0.353. The quantitative estimate of drug-likeness (QED) is 0.702. The Labute approximate surface area is 97.6 Å². The molecule has 17 heavy (non-hydrogen) atoms. The van der Waals surface area contributed by atoms with E-state index in [1.807, 2.05) is 6.07 Å². The van der Waals surface area contributed by atoms with Crippen LogP contribution in [0.2, 0.25) is 0 Å². The summed E-state index contributed by atoms with van der Waals surface area (Å²) in [7, 11) is 1.33. The Balaban J connectivity index is 1.91. The maximum atomic E-state index is 12.0. The summed E-state index contributed by atoms with van der Waals surface area (Å²) in [5.41, 5.74) is 1.05. The highest BCUT2D eigenvalue weighted by molar-refractivity contribution is 6.07. The fraction of sp³-hybridized carbons (Fsp3) is 0.364. The Kier molecular flexibility index (Phi) is 1.89. The Morgan fingerprint density at radius 1 is 1.59 bits per heavy atom. The SMILES string of the molecule is COC(=O)N1CC2(C1)C(=O)Nc1cnccc12. The van der Waals surface area contributed by atoms with Gasteiger partial charge in [-0.25, -0.2) is 4.79 Å². The first-order valence-electron chi connectivity index (χ1n) is 5.26. The second kappa shape index (κ2) is 3.19. The number of ether oxygens (including phenoxy) is 1. The summed E-state index contributed by atoms with van der Waals surface area (Å²) in [5.74, 6) is -0.0688. The maximum Gasteiger partial charge on any atom is 0.409 e. The summed E-state index contributed by atoms with van der Waals surface area (Å²) in [5, 5.41) is 2.79. The molecule has 1 aromatic heterocycles. The number of nitrogens with zero attached hydrogens (tertiary/aromatic N) is 2. The standard InChI is InChI=1S/C11H11N3O3/c1-17-10(16)14-5-11(6-14)7-2-3-12-4-8(7)13-9(11)15/h2-4H,5-6H2,1H3,(H,13,15). The first-order chi connectivity index (χ1) is 8.17. The van der Waals surface area contributed by atoms with Gasteiger partial charge < -0.3 is 15.0 Å². The van der Waals surface area contributed by atoms with Gasteiger partial charge in [-0.2, -0.15) is 0 Å². The van der Waals surface area contributed by atoms with E-state index >= 15 is 0 Å². The molecule has 2 aliphatic heterocycles. The number of fused-ring (bicyclic) bond motifs is 2. The van der Waals surface area contributed by atoms with Gasteiger partial charge in [-0.3, -0.25) is 9.78 Å². The highest BCUT2D eigenvalue weighted by Gasteiger charge is 2.56. The van der Waals surface area contributed by atoms with E-state index in [0.717, 1.165) is 11.3 Å². The van der Waals surface area contributed by atoms with Crippen LogP contribution in [0.3, 0.4) is 0 Å². The van der Waals surface area contributed by atoms with E-state index in [4.69, 9.17) is 0 Å². The first kappa shape index (κ1) is 10.1. The van der Waals surface area contributed by atoms with Crippen LogP contribution in [0, 0.1) is 0 Å². The van der Waals surface area contributed by atoms with Crippen LogP contribution in [-0.4, -0.2) is 42.1 Å². The van der Waals surface area contributed by atoms with Crippen molar-refractivity contribution in [1.82, 2.24) is 9.88 Å². The normalized spacial score (nSPS) is 19.6. The fourth-order valence-corrected chi connectivity index (χ4v) is 2.45. The van der Waals surface area contributed by atoms with Crippen LogP contribution >= 0.6 is 0 Å². The largest absolute Gasteiger partial charge is 0.453 e. The summed E-state index contributed by atoms with van der Waals surface area (Å²) in [4.78, 5) is 28.8. The van der Waals surface area contributed by atoms with E-state index in [-0.39, 0.29) is 5.91 Å². The van der Waals surface area contributed by atoms with Gasteiger partial charge in [0, 0.05) is 19.3 Å². The molecule has 0 radical (unpaired) electrons. The van der Waals surface area contributed by atoms with Crippen LogP contribution in [0.5, 0.6) is 0 Å². The molecular weight excluding hydrogens is 222 g/mol. The van der Waals surface area contributed by atoms with Crippen molar-refractivity contribution in [2.45, 2.75) is 5.41 Å². The average Bonchev–Trinajstić information content (AvgIpc) is 2.58. The second-order valence-corrected chi connectivity index (χ2v) is 4.28. The van der Waals surface area contributed by atoms with Crippen molar-refractivity contribution in [2.24, 2.45) is 0 Å². The van der Waals surface area contributed by atoms with Crippen molar-refractivity contribution in [3.05, 3.63) is 24.0 Å². The van der Waals surface area contributed by atoms with Gasteiger partial charge in [0.2, 0.25) is 5.91 Å². The van der Waals surface area contributed by atoms with Crippen LogP contribution in [0.25, 0.3) is 0 Å². The van der Waals surface area contributed by atoms with Crippen LogP contribution in [0.4, 0.5) is 10.5 Å². The molecule has 1 saturated heterocycles. The molecule has 1 aromatic rings. The smallest absolute Gasteiger partial charge is 0.409 e. The molecule has 6 heteroatoms. The van der Waals surface area contributed by atoms with Gasteiger partial charge in [0.25, 0.3) is 0 Å². The van der Waals surface area contributed by atoms with Gasteiger partial charge in [-0.05, 0) is 11.6 Å². The Morgan fingerprint density at radius 2 is 2.35 bits per heavy atom. The third kappa shape index (κ3) is 1.17. The lowest BCUT2D eigenvalue weighted by atomic mass is 9.75. The van der Waals surface area contributed by atoms with Crippen LogP contribution in [0.15, 0.2) is 18.5 Å². The molecule has 2 amide bonds. The van der Waals surface area contributed by atoms with Crippen molar-refractivity contribution in [1.29, 1.82) is 0 Å². The van der Waals surface area contributed by atoms with Crippen LogP contribution < -0.4 is 5.32 Å². The molecule has 0 unspecified atom stereocenters. The monoisotopic (exact) mass is 233 g/mol. The molecule has 1 N–H and O–H groups in total. The Bertz CT molecular complexity index is 508. The van der Waals surface area contributed by atoms with Crippen molar-refractivity contribution >= 4 is 17.7 Å². The lowest BCUT2D eigenvalue weighted by Gasteiger charge is -2.45. The molecule has 0 aromatic carbocycles. The highest BCUT2D eigenvalue weighted by Crippen LogP contribution is 2.43. The van der Waals surface area contributed by atoms with Crippen LogP contribution in [-0.2, 0) is 14.9 Å². The number of hydrogen-bond acceptors (Lipinski definition) is 4. The van der Waals surface area contributed by atoms with Gasteiger partial charge in [-0.15, -0.1) is 0 Å². The van der Waals surface area contributed by atoms with Gasteiger partial charge in [0.1, 0.15) is 5.41 Å². The Morgan fingerprint density at radius 3 is 3.06 bits per heavy atom. The summed E-state index contributed by atoms with van der Waals surface area (Å²) in [6.45, 7) is 0.727. The summed E-state index contributed by atoms with van der Waals surface area (Å²) in [6.07, 6.45) is 2.88. The number of hydrogen-bond donors (Lipinski definition) is 1. The van der Waals surface area contributed by atoms with E-state index < -0.39 is 11.5 Å². The molecule has 0 bridgehead atoms. The molecule has 2 aliphatic rings. The van der Waals surface area contributed by atoms with Gasteiger partial charge in [0.05, 0.1) is 19.0 Å². The molecule has 0 saturated carbocycles. The van der Waals surface area contributed by atoms with Crippen molar-refractivity contribution < 1.29 is 14.3 Å². The fourth-order valence-electron chi connectivity index (χ4n) is 2.45. The van der Waals surface area contributed by atoms with Gasteiger partial charge >= 0.3 is 6.09 Å². The minimum Gasteiger partial charge on any atom is -0.453 e. The zero-order valence-corrected chi connectivity index (χ0v) is 9.27. The van der Waals surface area contributed by atoms with E-state index in [1.165, 1.54) is 12.0 Å². The number of carbonyl (C=O) groups excluding carboxylic acids is 2. The summed E-state index contributed by atoms with van der Waals surface area (Å²) < 4.78 is 4.62. The maximum absolute atomic E-state index is 12.0. The second-order valence-electron chi connectivity index (χ2n) is 4.28. The topological polar surface area (TPSA) is 71.5 Å². The lowest BCUT2D eigenvalue weighted by molar-refractivity contribution is -0.125. The van der Waals surface area contributed by atoms with E-state index in [0.29, 0.717) is 13.1 Å². The minimum absolute atomic E-state index is 0.0688. The molecule has 6 nitrogen and oxygen atoms in total. The van der Waals surface area contributed by atoms with Crippen LogP contribution in [0.1, 0.15) is 5.56 Å². The number of amides is 2. The number of carbonyl (C=O) groups is 2. The number of anilines is 1. The molecule has 3 heterocycles. The number of likely N-dealkylation sites (tertiary alicyclic amines) is 1. The third-order valence-electron chi connectivity index (χ3n) is 3.37. The number of nitrogens with one attached hydrogen (secondary N) is 1. The highest BCUT2D eigenvalue weighted by atomic mass is 16.5. The van der Waals surface area contributed by atoms with Crippen molar-refractivity contribution in [2.75, 3.05) is 25.5 Å². The molecule has 1 spiro atoms. The third-order valence-corrected chi connectivity index (χ3v) is 3.37. The molecule has 1 fully saturated rings. The minimum atomic E-state index is -0.605. The zero-order chi connectivity index (χ0) is 12.0.